The minimum absolute atomic E-state index is 0.0721. The zero-order valence-corrected chi connectivity index (χ0v) is 13.5. The number of hydrogen-bond acceptors (Lipinski definition) is 4. The van der Waals surface area contributed by atoms with Gasteiger partial charge in [0.1, 0.15) is 10.0 Å². The van der Waals surface area contributed by atoms with Gasteiger partial charge in [-0.15, -0.1) is 0 Å². The molecule has 23 heavy (non-hydrogen) atoms. The zero-order chi connectivity index (χ0) is 16.4. The smallest absolute Gasteiger partial charge is 0.245 e. The van der Waals surface area contributed by atoms with E-state index in [4.69, 9.17) is 11.6 Å². The molecule has 0 aliphatic heterocycles. The SMILES string of the molecule is O=S(=O)(NCC(O)c1cccc2ccccc12)c1cn[nH]c1Cl. The molecule has 3 N–H and O–H groups in total. The number of aliphatic hydroxyl groups excluding tert-OH is 1. The van der Waals surface area contributed by atoms with Crippen LogP contribution < -0.4 is 4.72 Å². The Balaban J connectivity index is 1.82. The number of fused-ring (bicyclic) bond motifs is 1. The van der Waals surface area contributed by atoms with Crippen molar-refractivity contribution in [2.75, 3.05) is 6.54 Å². The van der Waals surface area contributed by atoms with Gasteiger partial charge in [0.15, 0.2) is 0 Å². The van der Waals surface area contributed by atoms with E-state index >= 15 is 0 Å². The molecule has 0 aliphatic carbocycles. The lowest BCUT2D eigenvalue weighted by molar-refractivity contribution is 0.183. The summed E-state index contributed by atoms with van der Waals surface area (Å²) in [7, 11) is -3.84. The highest BCUT2D eigenvalue weighted by atomic mass is 35.5. The largest absolute Gasteiger partial charge is 0.387 e. The number of benzene rings is 2. The van der Waals surface area contributed by atoms with Crippen molar-refractivity contribution in [2.45, 2.75) is 11.0 Å². The standard InChI is InChI=1S/C15H14ClN3O3S/c16-15-14(9-17-19-15)23(21,22)18-8-13(20)12-7-3-5-10-4-1-2-6-11(10)12/h1-7,9,13,18,20H,8H2,(H,17,19). The third kappa shape index (κ3) is 3.23. The molecule has 120 valence electrons. The summed E-state index contributed by atoms with van der Waals surface area (Å²) in [6.07, 6.45) is 0.135. The minimum atomic E-state index is -3.84. The molecule has 0 spiro atoms. The van der Waals surface area contributed by atoms with Crippen LogP contribution in [-0.4, -0.2) is 30.3 Å². The van der Waals surface area contributed by atoms with Crippen LogP contribution in [0.5, 0.6) is 0 Å². The van der Waals surface area contributed by atoms with Gasteiger partial charge in [0, 0.05) is 6.54 Å². The first kappa shape index (κ1) is 15.9. The molecule has 0 amide bonds. The lowest BCUT2D eigenvalue weighted by Crippen LogP contribution is -2.28. The molecule has 1 aromatic heterocycles. The predicted molar refractivity (Wildman–Crippen MR) is 87.7 cm³/mol. The molecule has 1 unspecified atom stereocenters. The van der Waals surface area contributed by atoms with Gasteiger partial charge in [-0.2, -0.15) is 5.10 Å². The van der Waals surface area contributed by atoms with Crippen molar-refractivity contribution in [1.82, 2.24) is 14.9 Å². The highest BCUT2D eigenvalue weighted by Crippen LogP contribution is 2.24. The van der Waals surface area contributed by atoms with E-state index in [1.54, 1.807) is 6.07 Å². The van der Waals surface area contributed by atoms with Gasteiger partial charge in [0.05, 0.1) is 12.3 Å². The number of nitrogens with one attached hydrogen (secondary N) is 2. The second-order valence-electron chi connectivity index (χ2n) is 4.98. The Bertz CT molecular complexity index is 935. The molecule has 8 heteroatoms. The van der Waals surface area contributed by atoms with Crippen molar-refractivity contribution in [3.8, 4) is 0 Å². The third-order valence-electron chi connectivity index (χ3n) is 3.50. The first-order chi connectivity index (χ1) is 11.0. The van der Waals surface area contributed by atoms with E-state index in [2.05, 4.69) is 14.9 Å². The van der Waals surface area contributed by atoms with Crippen LogP contribution in [0.3, 0.4) is 0 Å². The summed E-state index contributed by atoms with van der Waals surface area (Å²) >= 11 is 5.74. The molecule has 2 aromatic carbocycles. The average Bonchev–Trinajstić information content (AvgIpc) is 2.99. The Hall–Kier alpha value is -1.93. The van der Waals surface area contributed by atoms with Crippen LogP contribution in [0, 0.1) is 0 Å². The fraction of sp³-hybridized carbons (Fsp3) is 0.133. The van der Waals surface area contributed by atoms with Crippen molar-refractivity contribution in [2.24, 2.45) is 0 Å². The van der Waals surface area contributed by atoms with Gasteiger partial charge in [-0.25, -0.2) is 13.1 Å². The maximum atomic E-state index is 12.1. The average molecular weight is 352 g/mol. The number of rotatable bonds is 5. The normalized spacial score (nSPS) is 13.3. The Kier molecular flexibility index (Phi) is 4.36. The van der Waals surface area contributed by atoms with Gasteiger partial charge in [0.2, 0.25) is 10.0 Å². The van der Waals surface area contributed by atoms with E-state index in [1.807, 2.05) is 36.4 Å². The minimum Gasteiger partial charge on any atom is -0.387 e. The highest BCUT2D eigenvalue weighted by Gasteiger charge is 2.21. The number of sulfonamides is 1. The van der Waals surface area contributed by atoms with Crippen molar-refractivity contribution >= 4 is 32.4 Å². The number of halogens is 1. The fourth-order valence-electron chi connectivity index (χ4n) is 2.36. The van der Waals surface area contributed by atoms with Gasteiger partial charge in [-0.3, -0.25) is 5.10 Å². The van der Waals surface area contributed by atoms with E-state index < -0.39 is 16.1 Å². The van der Waals surface area contributed by atoms with Crippen molar-refractivity contribution in [3.05, 3.63) is 59.4 Å². The number of aromatic nitrogens is 2. The topological polar surface area (TPSA) is 95.1 Å². The Labute approximate surface area is 138 Å². The summed E-state index contributed by atoms with van der Waals surface area (Å²) < 4.78 is 26.6. The summed E-state index contributed by atoms with van der Waals surface area (Å²) in [6.45, 7) is -0.169. The van der Waals surface area contributed by atoms with Gasteiger partial charge in [0.25, 0.3) is 0 Å². The quantitative estimate of drug-likeness (QED) is 0.657. The zero-order valence-electron chi connectivity index (χ0n) is 11.9. The van der Waals surface area contributed by atoms with Crippen LogP contribution in [0.15, 0.2) is 53.6 Å². The van der Waals surface area contributed by atoms with E-state index in [0.717, 1.165) is 17.0 Å². The maximum absolute atomic E-state index is 12.1. The number of nitrogens with zero attached hydrogens (tertiary/aromatic N) is 1. The first-order valence-corrected chi connectivity index (χ1v) is 8.69. The van der Waals surface area contributed by atoms with E-state index in [0.29, 0.717) is 5.56 Å². The second-order valence-corrected chi connectivity index (χ2v) is 7.10. The molecule has 1 heterocycles. The van der Waals surface area contributed by atoms with Crippen molar-refractivity contribution < 1.29 is 13.5 Å². The third-order valence-corrected chi connectivity index (χ3v) is 5.33. The molecule has 3 aromatic rings. The van der Waals surface area contributed by atoms with E-state index in [1.165, 1.54) is 0 Å². The number of H-pyrrole nitrogens is 1. The molecule has 3 rings (SSSR count). The number of aliphatic hydroxyl groups is 1. The Morgan fingerprint density at radius 1 is 1.22 bits per heavy atom. The van der Waals surface area contributed by atoms with Crippen LogP contribution in [0.25, 0.3) is 10.8 Å². The molecular weight excluding hydrogens is 338 g/mol. The van der Waals surface area contributed by atoms with Gasteiger partial charge < -0.3 is 5.11 Å². The van der Waals surface area contributed by atoms with E-state index in [-0.39, 0.29) is 16.6 Å². The summed E-state index contributed by atoms with van der Waals surface area (Å²) in [5.41, 5.74) is 0.657. The van der Waals surface area contributed by atoms with Crippen molar-refractivity contribution in [1.29, 1.82) is 0 Å². The fourth-order valence-corrected chi connectivity index (χ4v) is 3.77. The monoisotopic (exact) mass is 351 g/mol. The Morgan fingerprint density at radius 3 is 2.70 bits per heavy atom. The summed E-state index contributed by atoms with van der Waals surface area (Å²) in [6, 6.07) is 13.1. The van der Waals surface area contributed by atoms with Crippen LogP contribution in [0.4, 0.5) is 0 Å². The molecule has 6 nitrogen and oxygen atoms in total. The molecule has 0 radical (unpaired) electrons. The molecule has 0 saturated heterocycles. The molecule has 1 atom stereocenters. The molecular formula is C15H14ClN3O3S. The summed E-state index contributed by atoms with van der Waals surface area (Å²) in [5, 5.41) is 18.1. The Morgan fingerprint density at radius 2 is 1.96 bits per heavy atom. The van der Waals surface area contributed by atoms with Crippen LogP contribution >= 0.6 is 11.6 Å². The van der Waals surface area contributed by atoms with Crippen LogP contribution in [0.2, 0.25) is 5.15 Å². The van der Waals surface area contributed by atoms with Crippen molar-refractivity contribution in [3.63, 3.8) is 0 Å². The summed E-state index contributed by atoms with van der Waals surface area (Å²) in [4.78, 5) is -0.149. The number of hydrogen-bond donors (Lipinski definition) is 3. The van der Waals surface area contributed by atoms with Crippen LogP contribution in [0.1, 0.15) is 11.7 Å². The van der Waals surface area contributed by atoms with Gasteiger partial charge in [-0.05, 0) is 16.3 Å². The first-order valence-electron chi connectivity index (χ1n) is 6.83. The molecule has 0 fully saturated rings. The molecule has 0 bridgehead atoms. The lowest BCUT2D eigenvalue weighted by Gasteiger charge is -2.14. The maximum Gasteiger partial charge on any atom is 0.245 e. The second kappa shape index (κ2) is 6.29. The molecule has 0 saturated carbocycles. The summed E-state index contributed by atoms with van der Waals surface area (Å²) in [5.74, 6) is 0. The van der Waals surface area contributed by atoms with Gasteiger partial charge >= 0.3 is 0 Å². The lowest BCUT2D eigenvalue weighted by atomic mass is 10.0. The highest BCUT2D eigenvalue weighted by molar-refractivity contribution is 7.89. The molecule has 0 aliphatic rings. The number of aromatic amines is 1. The van der Waals surface area contributed by atoms with Crippen LogP contribution in [-0.2, 0) is 10.0 Å². The van der Waals surface area contributed by atoms with Gasteiger partial charge in [-0.1, -0.05) is 54.1 Å². The predicted octanol–water partition coefficient (Wildman–Crippen LogP) is 2.23. The van der Waals surface area contributed by atoms with E-state index in [9.17, 15) is 13.5 Å².